The molecule has 0 saturated heterocycles. The van der Waals surface area contributed by atoms with E-state index < -0.39 is 6.04 Å². The molecule has 2 amide bonds. The maximum atomic E-state index is 11.9. The molecule has 20 heavy (non-hydrogen) atoms. The van der Waals surface area contributed by atoms with Crippen molar-refractivity contribution in [2.45, 2.75) is 13.0 Å². The fourth-order valence-electron chi connectivity index (χ4n) is 1.53. The first-order chi connectivity index (χ1) is 9.56. The van der Waals surface area contributed by atoms with Gasteiger partial charge in [-0.15, -0.1) is 11.3 Å². The van der Waals surface area contributed by atoms with Gasteiger partial charge in [-0.3, -0.25) is 9.59 Å². The molecule has 1 aromatic heterocycles. The molecule has 1 unspecified atom stereocenters. The van der Waals surface area contributed by atoms with Crippen LogP contribution in [0.15, 0.2) is 41.8 Å². The minimum Gasteiger partial charge on any atom is -0.325 e. The number of benzene rings is 1. The third-order valence-corrected chi connectivity index (χ3v) is 3.42. The number of anilines is 2. The van der Waals surface area contributed by atoms with Crippen LogP contribution < -0.4 is 16.4 Å². The molecule has 0 saturated carbocycles. The molecule has 1 aromatic carbocycles. The second kappa shape index (κ2) is 6.31. The average Bonchev–Trinajstić information content (AvgIpc) is 2.92. The highest BCUT2D eigenvalue weighted by Gasteiger charge is 2.09. The number of rotatable bonds is 4. The van der Waals surface area contributed by atoms with Crippen LogP contribution >= 0.6 is 11.3 Å². The van der Waals surface area contributed by atoms with Crippen molar-refractivity contribution in [1.29, 1.82) is 0 Å². The third kappa shape index (κ3) is 3.66. The molecule has 1 heterocycles. The summed E-state index contributed by atoms with van der Waals surface area (Å²) in [4.78, 5) is 24.1. The van der Waals surface area contributed by atoms with Gasteiger partial charge in [-0.05, 0) is 36.6 Å². The molecule has 104 valence electrons. The molecular formula is C14H15N3O2S. The topological polar surface area (TPSA) is 84.2 Å². The summed E-state index contributed by atoms with van der Waals surface area (Å²) in [7, 11) is 0. The lowest BCUT2D eigenvalue weighted by molar-refractivity contribution is -0.117. The lowest BCUT2D eigenvalue weighted by atomic mass is 10.2. The van der Waals surface area contributed by atoms with Gasteiger partial charge >= 0.3 is 0 Å². The fourth-order valence-corrected chi connectivity index (χ4v) is 2.15. The Morgan fingerprint density at radius 3 is 2.45 bits per heavy atom. The molecule has 0 spiro atoms. The van der Waals surface area contributed by atoms with E-state index >= 15 is 0 Å². The smallest absolute Gasteiger partial charge is 0.265 e. The highest BCUT2D eigenvalue weighted by molar-refractivity contribution is 7.12. The molecule has 0 radical (unpaired) electrons. The monoisotopic (exact) mass is 289 g/mol. The third-order valence-electron chi connectivity index (χ3n) is 2.55. The van der Waals surface area contributed by atoms with Gasteiger partial charge in [-0.25, -0.2) is 0 Å². The quantitative estimate of drug-likeness (QED) is 0.807. The molecule has 0 aliphatic carbocycles. The first-order valence-corrected chi connectivity index (χ1v) is 6.95. The molecule has 2 rings (SSSR count). The number of amides is 2. The van der Waals surface area contributed by atoms with E-state index in [4.69, 9.17) is 5.73 Å². The van der Waals surface area contributed by atoms with Crippen LogP contribution in [0.1, 0.15) is 16.6 Å². The Balaban J connectivity index is 2.06. The van der Waals surface area contributed by atoms with E-state index in [0.717, 1.165) is 0 Å². The van der Waals surface area contributed by atoms with Crippen LogP contribution in [0, 0.1) is 0 Å². The fraction of sp³-hybridized carbons (Fsp3) is 0.143. The van der Waals surface area contributed by atoms with Gasteiger partial charge in [0.2, 0.25) is 5.91 Å². The summed E-state index contributed by atoms with van der Waals surface area (Å²) in [6.07, 6.45) is 0. The number of carbonyl (C=O) groups is 2. The van der Waals surface area contributed by atoms with Gasteiger partial charge < -0.3 is 16.4 Å². The molecular weight excluding hydrogens is 274 g/mol. The summed E-state index contributed by atoms with van der Waals surface area (Å²) in [5.74, 6) is -0.442. The van der Waals surface area contributed by atoms with Crippen LogP contribution in [-0.2, 0) is 4.79 Å². The summed E-state index contributed by atoms with van der Waals surface area (Å²) < 4.78 is 0. The Morgan fingerprint density at radius 1 is 1.15 bits per heavy atom. The summed E-state index contributed by atoms with van der Waals surface area (Å²) in [6.45, 7) is 1.61. The molecule has 0 aliphatic rings. The van der Waals surface area contributed by atoms with Gasteiger partial charge in [0, 0.05) is 11.4 Å². The van der Waals surface area contributed by atoms with Crippen molar-refractivity contribution in [3.8, 4) is 0 Å². The lowest BCUT2D eigenvalue weighted by Gasteiger charge is -2.09. The van der Waals surface area contributed by atoms with E-state index in [2.05, 4.69) is 10.6 Å². The van der Waals surface area contributed by atoms with E-state index in [-0.39, 0.29) is 11.8 Å². The Labute approximate surface area is 120 Å². The molecule has 6 heteroatoms. The maximum absolute atomic E-state index is 11.9. The first kappa shape index (κ1) is 14.2. The van der Waals surface area contributed by atoms with Crippen LogP contribution in [0.4, 0.5) is 11.4 Å². The van der Waals surface area contributed by atoms with Gasteiger partial charge in [0.1, 0.15) is 0 Å². The molecule has 0 aliphatic heterocycles. The average molecular weight is 289 g/mol. The standard InChI is InChI=1S/C14H15N3O2S/c1-9(15)13(18)16-10-4-2-5-11(8-10)17-14(19)12-6-3-7-20-12/h2-9H,15H2,1H3,(H,16,18)(H,17,19). The summed E-state index contributed by atoms with van der Waals surface area (Å²) in [5, 5.41) is 7.29. The van der Waals surface area contributed by atoms with E-state index in [1.165, 1.54) is 11.3 Å². The predicted octanol–water partition coefficient (Wildman–Crippen LogP) is 2.29. The number of hydrogen-bond donors (Lipinski definition) is 3. The van der Waals surface area contributed by atoms with Crippen LogP contribution in [0.3, 0.4) is 0 Å². The van der Waals surface area contributed by atoms with E-state index in [0.29, 0.717) is 16.3 Å². The van der Waals surface area contributed by atoms with Crippen molar-refractivity contribution in [2.75, 3.05) is 10.6 Å². The van der Waals surface area contributed by atoms with E-state index in [9.17, 15) is 9.59 Å². The number of carbonyl (C=O) groups excluding carboxylic acids is 2. The SMILES string of the molecule is CC(N)C(=O)Nc1cccc(NC(=O)c2cccs2)c1. The summed E-state index contributed by atoms with van der Waals surface area (Å²) in [5.41, 5.74) is 6.70. The summed E-state index contributed by atoms with van der Waals surface area (Å²) >= 11 is 1.37. The van der Waals surface area contributed by atoms with Crippen molar-refractivity contribution >= 4 is 34.5 Å². The summed E-state index contributed by atoms with van der Waals surface area (Å²) in [6, 6.07) is 9.92. The Bertz CT molecular complexity index is 609. The van der Waals surface area contributed by atoms with Crippen LogP contribution in [0.2, 0.25) is 0 Å². The highest BCUT2D eigenvalue weighted by Crippen LogP contribution is 2.17. The Kier molecular flexibility index (Phi) is 4.49. The highest BCUT2D eigenvalue weighted by atomic mass is 32.1. The minimum atomic E-state index is -0.584. The van der Waals surface area contributed by atoms with Crippen LogP contribution in [0.5, 0.6) is 0 Å². The zero-order valence-electron chi connectivity index (χ0n) is 10.9. The number of nitrogens with two attached hydrogens (primary N) is 1. The molecule has 0 fully saturated rings. The van der Waals surface area contributed by atoms with E-state index in [1.807, 2.05) is 11.4 Å². The van der Waals surface area contributed by atoms with E-state index in [1.54, 1.807) is 37.3 Å². The lowest BCUT2D eigenvalue weighted by Crippen LogP contribution is -2.32. The van der Waals surface area contributed by atoms with Crippen molar-refractivity contribution in [2.24, 2.45) is 5.73 Å². The second-order valence-electron chi connectivity index (χ2n) is 4.29. The molecule has 0 bridgehead atoms. The van der Waals surface area contributed by atoms with Gasteiger partial charge in [0.25, 0.3) is 5.91 Å². The van der Waals surface area contributed by atoms with Gasteiger partial charge in [0.05, 0.1) is 10.9 Å². The van der Waals surface area contributed by atoms with Gasteiger partial charge in [-0.1, -0.05) is 12.1 Å². The zero-order chi connectivity index (χ0) is 14.5. The Morgan fingerprint density at radius 2 is 1.85 bits per heavy atom. The van der Waals surface area contributed by atoms with Crippen molar-refractivity contribution < 1.29 is 9.59 Å². The van der Waals surface area contributed by atoms with Crippen molar-refractivity contribution in [1.82, 2.24) is 0 Å². The molecule has 4 N–H and O–H groups in total. The minimum absolute atomic E-state index is 0.171. The van der Waals surface area contributed by atoms with Crippen molar-refractivity contribution in [3.05, 3.63) is 46.7 Å². The van der Waals surface area contributed by atoms with Gasteiger partial charge in [-0.2, -0.15) is 0 Å². The normalized spacial score (nSPS) is 11.7. The van der Waals surface area contributed by atoms with Crippen LogP contribution in [-0.4, -0.2) is 17.9 Å². The molecule has 5 nitrogen and oxygen atoms in total. The molecule has 1 atom stereocenters. The number of thiophene rings is 1. The zero-order valence-corrected chi connectivity index (χ0v) is 11.7. The maximum Gasteiger partial charge on any atom is 0.265 e. The second-order valence-corrected chi connectivity index (χ2v) is 5.24. The van der Waals surface area contributed by atoms with Crippen LogP contribution in [0.25, 0.3) is 0 Å². The largest absolute Gasteiger partial charge is 0.325 e. The number of nitrogens with one attached hydrogen (secondary N) is 2. The molecule has 2 aromatic rings. The van der Waals surface area contributed by atoms with Crippen molar-refractivity contribution in [3.63, 3.8) is 0 Å². The van der Waals surface area contributed by atoms with Gasteiger partial charge in [0.15, 0.2) is 0 Å². The number of hydrogen-bond acceptors (Lipinski definition) is 4. The first-order valence-electron chi connectivity index (χ1n) is 6.07. The predicted molar refractivity (Wildman–Crippen MR) is 81.0 cm³/mol. The Hall–Kier alpha value is -2.18.